The number of fused-ring (bicyclic) bond motifs is 1. The first-order valence-corrected chi connectivity index (χ1v) is 10.1. The summed E-state index contributed by atoms with van der Waals surface area (Å²) in [5.74, 6) is 1.44. The minimum absolute atomic E-state index is 0.00426. The van der Waals surface area contributed by atoms with E-state index >= 15 is 0 Å². The van der Waals surface area contributed by atoms with Gasteiger partial charge in [0.2, 0.25) is 12.2 Å². The van der Waals surface area contributed by atoms with Crippen molar-refractivity contribution in [2.45, 2.75) is 46.6 Å². The van der Waals surface area contributed by atoms with Crippen LogP contribution in [0.3, 0.4) is 0 Å². The lowest BCUT2D eigenvalue weighted by Gasteiger charge is -2.20. The van der Waals surface area contributed by atoms with Crippen LogP contribution in [0.2, 0.25) is 0 Å². The van der Waals surface area contributed by atoms with Crippen LogP contribution in [0.5, 0.6) is 0 Å². The van der Waals surface area contributed by atoms with E-state index < -0.39 is 6.29 Å². The number of hydrogen-bond acceptors (Lipinski definition) is 9. The highest BCUT2D eigenvalue weighted by Gasteiger charge is 2.19. The van der Waals surface area contributed by atoms with Gasteiger partial charge in [-0.15, -0.1) is 5.10 Å². The van der Waals surface area contributed by atoms with Crippen molar-refractivity contribution in [3.63, 3.8) is 0 Å². The maximum absolute atomic E-state index is 5.95. The van der Waals surface area contributed by atoms with Crippen molar-refractivity contribution < 1.29 is 13.9 Å². The van der Waals surface area contributed by atoms with Crippen LogP contribution < -0.4 is 5.73 Å². The Morgan fingerprint density at radius 2 is 1.97 bits per heavy atom. The number of hydrogen-bond donors (Lipinski definition) is 1. The standard InChI is InChI=1S/C21H25N7O3/c1-5-29-20(30-12(2)3)15-8-6-7-14(23-15)11-28-19-18(26-27-28)17(24-21(22)25-19)16-10-9-13(4)31-16/h6-10,12,20H,5,11H2,1-4H3,(H2,22,24,25). The number of anilines is 1. The minimum atomic E-state index is -0.538. The van der Waals surface area contributed by atoms with Crippen LogP contribution >= 0.6 is 0 Å². The third kappa shape index (κ3) is 4.54. The number of rotatable bonds is 8. The number of furan rings is 1. The molecule has 4 heterocycles. The zero-order valence-corrected chi connectivity index (χ0v) is 17.9. The third-order valence-electron chi connectivity index (χ3n) is 4.45. The summed E-state index contributed by atoms with van der Waals surface area (Å²) in [6.45, 7) is 8.56. The highest BCUT2D eigenvalue weighted by molar-refractivity contribution is 5.86. The molecule has 31 heavy (non-hydrogen) atoms. The van der Waals surface area contributed by atoms with Gasteiger partial charge in [-0.05, 0) is 52.0 Å². The number of aromatic nitrogens is 6. The number of nitrogens with zero attached hydrogens (tertiary/aromatic N) is 6. The zero-order valence-electron chi connectivity index (χ0n) is 17.9. The van der Waals surface area contributed by atoms with Gasteiger partial charge in [0.1, 0.15) is 11.5 Å². The molecular formula is C21H25N7O3. The number of ether oxygens (including phenoxy) is 2. The first-order valence-electron chi connectivity index (χ1n) is 10.1. The topological polar surface area (TPSA) is 127 Å². The van der Waals surface area contributed by atoms with Gasteiger partial charge >= 0.3 is 0 Å². The Morgan fingerprint density at radius 3 is 2.68 bits per heavy atom. The summed E-state index contributed by atoms with van der Waals surface area (Å²) in [5, 5.41) is 8.51. The van der Waals surface area contributed by atoms with Gasteiger partial charge in [0.05, 0.1) is 24.0 Å². The highest BCUT2D eigenvalue weighted by atomic mass is 16.7. The Balaban J connectivity index is 1.67. The van der Waals surface area contributed by atoms with Gasteiger partial charge in [-0.1, -0.05) is 11.3 Å². The fraction of sp³-hybridized carbons (Fsp3) is 0.381. The van der Waals surface area contributed by atoms with Crippen LogP contribution in [0.15, 0.2) is 34.7 Å². The normalized spacial score (nSPS) is 12.7. The molecule has 0 spiro atoms. The summed E-state index contributed by atoms with van der Waals surface area (Å²) >= 11 is 0. The van der Waals surface area contributed by atoms with Crippen LogP contribution in [0.4, 0.5) is 5.95 Å². The van der Waals surface area contributed by atoms with Gasteiger partial charge in [0, 0.05) is 6.61 Å². The number of nitrogens with two attached hydrogens (primary N) is 1. The van der Waals surface area contributed by atoms with Crippen LogP contribution in [-0.2, 0) is 16.0 Å². The summed E-state index contributed by atoms with van der Waals surface area (Å²) < 4.78 is 18.9. The number of pyridine rings is 1. The molecule has 10 nitrogen and oxygen atoms in total. The Bertz CT molecular complexity index is 1180. The molecule has 1 unspecified atom stereocenters. The molecule has 2 N–H and O–H groups in total. The molecule has 4 aromatic rings. The summed E-state index contributed by atoms with van der Waals surface area (Å²) in [5.41, 5.74) is 8.92. The average molecular weight is 423 g/mol. The second kappa shape index (κ2) is 8.78. The summed E-state index contributed by atoms with van der Waals surface area (Å²) in [4.78, 5) is 13.3. The molecule has 0 saturated heterocycles. The molecule has 0 amide bonds. The van der Waals surface area contributed by atoms with E-state index in [1.54, 1.807) is 4.68 Å². The lowest BCUT2D eigenvalue weighted by atomic mass is 10.2. The molecule has 0 aliphatic carbocycles. The van der Waals surface area contributed by atoms with Gasteiger partial charge in [-0.25, -0.2) is 9.67 Å². The quantitative estimate of drug-likeness (QED) is 0.425. The molecule has 0 bridgehead atoms. The van der Waals surface area contributed by atoms with E-state index in [9.17, 15) is 0 Å². The molecule has 10 heteroatoms. The van der Waals surface area contributed by atoms with Crippen molar-refractivity contribution in [1.29, 1.82) is 0 Å². The molecule has 0 aliphatic heterocycles. The van der Waals surface area contributed by atoms with Gasteiger partial charge < -0.3 is 19.6 Å². The molecule has 0 aliphatic rings. The van der Waals surface area contributed by atoms with Gasteiger partial charge in [-0.2, -0.15) is 4.98 Å². The molecule has 0 radical (unpaired) electrons. The summed E-state index contributed by atoms with van der Waals surface area (Å²) in [6.07, 6.45) is -0.534. The van der Waals surface area contributed by atoms with Gasteiger partial charge in [-0.3, -0.25) is 4.98 Å². The number of aryl methyl sites for hydroxylation is 1. The number of nitrogen functional groups attached to an aromatic ring is 1. The van der Waals surface area contributed by atoms with Crippen molar-refractivity contribution in [3.8, 4) is 11.5 Å². The second-order valence-electron chi connectivity index (χ2n) is 7.29. The highest BCUT2D eigenvalue weighted by Crippen LogP contribution is 2.27. The van der Waals surface area contributed by atoms with Crippen LogP contribution in [0, 0.1) is 6.92 Å². The predicted molar refractivity (Wildman–Crippen MR) is 114 cm³/mol. The third-order valence-corrected chi connectivity index (χ3v) is 4.45. The van der Waals surface area contributed by atoms with Crippen molar-refractivity contribution >= 4 is 17.1 Å². The SMILES string of the molecule is CCOC(OC(C)C)c1cccc(Cn2nnc3c(-c4ccc(C)o4)nc(N)nc32)n1. The van der Waals surface area contributed by atoms with E-state index in [2.05, 4.69) is 20.3 Å². The van der Waals surface area contributed by atoms with E-state index in [1.165, 1.54) is 0 Å². The fourth-order valence-electron chi connectivity index (χ4n) is 3.18. The fourth-order valence-corrected chi connectivity index (χ4v) is 3.18. The predicted octanol–water partition coefficient (Wildman–Crippen LogP) is 3.28. The van der Waals surface area contributed by atoms with Crippen LogP contribution in [0.25, 0.3) is 22.6 Å². The summed E-state index contributed by atoms with van der Waals surface area (Å²) in [6, 6.07) is 9.36. The first kappa shape index (κ1) is 20.9. The smallest absolute Gasteiger partial charge is 0.222 e. The van der Waals surface area contributed by atoms with Gasteiger partial charge in [0.25, 0.3) is 0 Å². The molecule has 4 rings (SSSR count). The lowest BCUT2D eigenvalue weighted by molar-refractivity contribution is -0.166. The monoisotopic (exact) mass is 423 g/mol. The van der Waals surface area contributed by atoms with Crippen molar-refractivity contribution in [2.75, 3.05) is 12.3 Å². The average Bonchev–Trinajstić information content (AvgIpc) is 3.33. The largest absolute Gasteiger partial charge is 0.460 e. The van der Waals surface area contributed by atoms with E-state index in [0.717, 1.165) is 11.5 Å². The lowest BCUT2D eigenvalue weighted by Crippen LogP contribution is -2.16. The Morgan fingerprint density at radius 1 is 1.13 bits per heavy atom. The molecule has 0 aromatic carbocycles. The molecule has 0 fully saturated rings. The summed E-state index contributed by atoms with van der Waals surface area (Å²) in [7, 11) is 0. The Labute approximate surface area is 179 Å². The maximum Gasteiger partial charge on any atom is 0.222 e. The molecule has 0 saturated carbocycles. The zero-order chi connectivity index (χ0) is 22.0. The molecule has 162 valence electrons. The minimum Gasteiger partial charge on any atom is -0.460 e. The van der Waals surface area contributed by atoms with Crippen LogP contribution in [-0.4, -0.2) is 42.7 Å². The van der Waals surface area contributed by atoms with Crippen molar-refractivity contribution in [2.24, 2.45) is 0 Å². The molecule has 1 atom stereocenters. The second-order valence-corrected chi connectivity index (χ2v) is 7.29. The van der Waals surface area contributed by atoms with Crippen LogP contribution in [0.1, 0.15) is 44.2 Å². The Hall–Kier alpha value is -3.37. The first-order chi connectivity index (χ1) is 14.9. The maximum atomic E-state index is 5.95. The Kier molecular flexibility index (Phi) is 5.92. The van der Waals surface area contributed by atoms with E-state index in [0.29, 0.717) is 41.5 Å². The molecule has 4 aromatic heterocycles. The van der Waals surface area contributed by atoms with Gasteiger partial charge in [0.15, 0.2) is 16.9 Å². The van der Waals surface area contributed by atoms with Crippen molar-refractivity contribution in [3.05, 3.63) is 47.5 Å². The van der Waals surface area contributed by atoms with E-state index in [1.807, 2.05) is 58.0 Å². The molecular weight excluding hydrogens is 398 g/mol. The van der Waals surface area contributed by atoms with Crippen molar-refractivity contribution in [1.82, 2.24) is 29.9 Å². The van der Waals surface area contributed by atoms with E-state index in [4.69, 9.17) is 24.6 Å². The van der Waals surface area contributed by atoms with E-state index in [-0.39, 0.29) is 12.1 Å².